The fraction of sp³-hybridized carbons (Fsp3) is 0. The Morgan fingerprint density at radius 2 is 1.76 bits per heavy atom. The third-order valence-corrected chi connectivity index (χ3v) is 2.38. The number of nitriles is 1. The molecule has 0 aliphatic rings. The molecular formula is C13H8F2N2. The van der Waals surface area contributed by atoms with Gasteiger partial charge in [0.15, 0.2) is 0 Å². The fourth-order valence-electron chi connectivity index (χ4n) is 1.59. The van der Waals surface area contributed by atoms with E-state index in [9.17, 15) is 8.78 Å². The Labute approximate surface area is 96.9 Å². The van der Waals surface area contributed by atoms with Crippen molar-refractivity contribution in [1.82, 2.24) is 0 Å². The number of halogens is 2. The summed E-state index contributed by atoms with van der Waals surface area (Å²) in [6, 6.07) is 9.47. The number of nitrogens with two attached hydrogens (primary N) is 1. The minimum atomic E-state index is -0.540. The first kappa shape index (κ1) is 11.1. The van der Waals surface area contributed by atoms with Crippen molar-refractivity contribution in [3.05, 3.63) is 53.6 Å². The molecular weight excluding hydrogens is 222 g/mol. The highest BCUT2D eigenvalue weighted by Crippen LogP contribution is 2.28. The van der Waals surface area contributed by atoms with Gasteiger partial charge in [0.05, 0.1) is 11.6 Å². The van der Waals surface area contributed by atoms with E-state index in [1.165, 1.54) is 24.3 Å². The Bertz CT molecular complexity index is 615. The molecule has 4 heteroatoms. The molecule has 0 aromatic heterocycles. The van der Waals surface area contributed by atoms with Gasteiger partial charge in [-0.2, -0.15) is 5.26 Å². The molecule has 84 valence electrons. The molecule has 2 N–H and O–H groups in total. The summed E-state index contributed by atoms with van der Waals surface area (Å²) in [5.74, 6) is -1.07. The lowest BCUT2D eigenvalue weighted by Gasteiger charge is -2.07. The zero-order valence-corrected chi connectivity index (χ0v) is 8.74. The predicted octanol–water partition coefficient (Wildman–Crippen LogP) is 3.09. The lowest BCUT2D eigenvalue weighted by Crippen LogP contribution is -1.92. The number of anilines is 1. The molecule has 0 saturated carbocycles. The summed E-state index contributed by atoms with van der Waals surface area (Å²) in [6.45, 7) is 0. The van der Waals surface area contributed by atoms with Crippen molar-refractivity contribution in [2.45, 2.75) is 0 Å². The molecule has 0 amide bonds. The van der Waals surface area contributed by atoms with Crippen molar-refractivity contribution in [3.8, 4) is 17.2 Å². The standard InChI is InChI=1S/C13H8F2N2/c14-9-2-1-8(7-16)11(5-9)12-6-10(17)3-4-13(12)15/h1-6H,17H2. The summed E-state index contributed by atoms with van der Waals surface area (Å²) in [5, 5.41) is 8.90. The maximum Gasteiger partial charge on any atom is 0.131 e. The maximum atomic E-state index is 13.6. The van der Waals surface area contributed by atoms with Gasteiger partial charge in [0.25, 0.3) is 0 Å². The van der Waals surface area contributed by atoms with Gasteiger partial charge in [0, 0.05) is 16.8 Å². The van der Waals surface area contributed by atoms with Gasteiger partial charge in [-0.1, -0.05) is 0 Å². The van der Waals surface area contributed by atoms with Crippen molar-refractivity contribution in [2.24, 2.45) is 0 Å². The van der Waals surface area contributed by atoms with Gasteiger partial charge < -0.3 is 5.73 Å². The third-order valence-electron chi connectivity index (χ3n) is 2.38. The first-order chi connectivity index (χ1) is 8.11. The van der Waals surface area contributed by atoms with Gasteiger partial charge in [-0.05, 0) is 36.4 Å². The van der Waals surface area contributed by atoms with Gasteiger partial charge >= 0.3 is 0 Å². The molecule has 0 heterocycles. The number of rotatable bonds is 1. The second-order valence-electron chi connectivity index (χ2n) is 3.54. The van der Waals surface area contributed by atoms with E-state index in [4.69, 9.17) is 11.0 Å². The van der Waals surface area contributed by atoms with Crippen molar-refractivity contribution >= 4 is 5.69 Å². The molecule has 2 rings (SSSR count). The molecule has 0 unspecified atom stereocenters. The second kappa shape index (κ2) is 4.22. The zero-order valence-electron chi connectivity index (χ0n) is 8.74. The average molecular weight is 230 g/mol. The summed E-state index contributed by atoms with van der Waals surface area (Å²) in [4.78, 5) is 0. The largest absolute Gasteiger partial charge is 0.399 e. The number of benzene rings is 2. The van der Waals surface area contributed by atoms with Crippen molar-refractivity contribution in [3.63, 3.8) is 0 Å². The molecule has 0 spiro atoms. The molecule has 0 radical (unpaired) electrons. The molecule has 0 fully saturated rings. The predicted molar refractivity (Wildman–Crippen MR) is 60.9 cm³/mol. The number of nitrogen functional groups attached to an aromatic ring is 1. The second-order valence-corrected chi connectivity index (χ2v) is 3.54. The van der Waals surface area contributed by atoms with E-state index in [0.717, 1.165) is 12.1 Å². The summed E-state index contributed by atoms with van der Waals surface area (Å²) in [5.41, 5.74) is 6.44. The van der Waals surface area contributed by atoms with Crippen molar-refractivity contribution in [1.29, 1.82) is 5.26 Å². The van der Waals surface area contributed by atoms with Crippen LogP contribution in [0, 0.1) is 23.0 Å². The van der Waals surface area contributed by atoms with Crippen LogP contribution in [0.2, 0.25) is 0 Å². The topological polar surface area (TPSA) is 49.8 Å². The molecule has 0 saturated heterocycles. The van der Waals surface area contributed by atoms with Crippen LogP contribution in [-0.4, -0.2) is 0 Å². The molecule has 0 atom stereocenters. The Balaban J connectivity index is 2.72. The van der Waals surface area contributed by atoms with Crippen LogP contribution >= 0.6 is 0 Å². The first-order valence-corrected chi connectivity index (χ1v) is 4.87. The third kappa shape index (κ3) is 2.08. The van der Waals surface area contributed by atoms with E-state index in [1.54, 1.807) is 0 Å². The Morgan fingerprint density at radius 3 is 2.47 bits per heavy atom. The van der Waals surface area contributed by atoms with Crippen molar-refractivity contribution in [2.75, 3.05) is 5.73 Å². The molecule has 0 bridgehead atoms. The van der Waals surface area contributed by atoms with E-state index in [2.05, 4.69) is 0 Å². The van der Waals surface area contributed by atoms with Gasteiger partial charge in [-0.15, -0.1) is 0 Å². The zero-order chi connectivity index (χ0) is 12.4. The summed E-state index contributed by atoms with van der Waals surface area (Å²) >= 11 is 0. The van der Waals surface area contributed by atoms with E-state index in [0.29, 0.717) is 5.69 Å². The minimum Gasteiger partial charge on any atom is -0.399 e. The Morgan fingerprint density at radius 1 is 1.00 bits per heavy atom. The van der Waals surface area contributed by atoms with Gasteiger partial charge in [0.2, 0.25) is 0 Å². The summed E-state index contributed by atoms with van der Waals surface area (Å²) < 4.78 is 26.8. The highest BCUT2D eigenvalue weighted by Gasteiger charge is 2.11. The maximum absolute atomic E-state index is 13.6. The van der Waals surface area contributed by atoms with Crippen LogP contribution in [0.1, 0.15) is 5.56 Å². The summed E-state index contributed by atoms with van der Waals surface area (Å²) in [6.07, 6.45) is 0. The molecule has 2 nitrogen and oxygen atoms in total. The smallest absolute Gasteiger partial charge is 0.131 e. The van der Waals surface area contributed by atoms with Crippen LogP contribution in [0.5, 0.6) is 0 Å². The average Bonchev–Trinajstić information content (AvgIpc) is 2.32. The molecule has 0 aliphatic heterocycles. The Kier molecular flexibility index (Phi) is 2.75. The van der Waals surface area contributed by atoms with Gasteiger partial charge in [0.1, 0.15) is 11.6 Å². The molecule has 17 heavy (non-hydrogen) atoms. The SMILES string of the molecule is N#Cc1ccc(F)cc1-c1cc(N)ccc1F. The number of nitrogens with zero attached hydrogens (tertiary/aromatic N) is 1. The molecule has 2 aromatic carbocycles. The van der Waals surface area contributed by atoms with Crippen LogP contribution < -0.4 is 5.73 Å². The van der Waals surface area contributed by atoms with Crippen LogP contribution in [-0.2, 0) is 0 Å². The minimum absolute atomic E-state index is 0.126. The summed E-state index contributed by atoms with van der Waals surface area (Å²) in [7, 11) is 0. The number of hydrogen-bond acceptors (Lipinski definition) is 2. The quantitative estimate of drug-likeness (QED) is 0.765. The van der Waals surface area contributed by atoms with Crippen LogP contribution in [0.3, 0.4) is 0 Å². The molecule has 0 aliphatic carbocycles. The lowest BCUT2D eigenvalue weighted by molar-refractivity contribution is 0.624. The van der Waals surface area contributed by atoms with Crippen LogP contribution in [0.4, 0.5) is 14.5 Å². The normalized spacial score (nSPS) is 9.94. The highest BCUT2D eigenvalue weighted by molar-refractivity contribution is 5.73. The van der Waals surface area contributed by atoms with Gasteiger partial charge in [-0.25, -0.2) is 8.78 Å². The lowest BCUT2D eigenvalue weighted by atomic mass is 9.99. The number of hydrogen-bond donors (Lipinski definition) is 1. The van der Waals surface area contributed by atoms with E-state index < -0.39 is 11.6 Å². The van der Waals surface area contributed by atoms with Crippen LogP contribution in [0.15, 0.2) is 36.4 Å². The van der Waals surface area contributed by atoms with Crippen molar-refractivity contribution < 1.29 is 8.78 Å². The highest BCUT2D eigenvalue weighted by atomic mass is 19.1. The molecule has 2 aromatic rings. The fourth-order valence-corrected chi connectivity index (χ4v) is 1.59. The Hall–Kier alpha value is -2.41. The van der Waals surface area contributed by atoms with E-state index in [1.807, 2.05) is 6.07 Å². The van der Waals surface area contributed by atoms with E-state index in [-0.39, 0.29) is 16.7 Å². The van der Waals surface area contributed by atoms with Gasteiger partial charge in [-0.3, -0.25) is 0 Å². The van der Waals surface area contributed by atoms with Crippen LogP contribution in [0.25, 0.3) is 11.1 Å². The van der Waals surface area contributed by atoms with E-state index >= 15 is 0 Å². The first-order valence-electron chi connectivity index (χ1n) is 4.87. The monoisotopic (exact) mass is 230 g/mol.